The Morgan fingerprint density at radius 3 is 1.80 bits per heavy atom. The first-order valence-corrected chi connectivity index (χ1v) is 3.20. The molecule has 52 valence electrons. The summed E-state index contributed by atoms with van der Waals surface area (Å²) in [7, 11) is 1.99. The van der Waals surface area contributed by atoms with E-state index >= 15 is 0 Å². The van der Waals surface area contributed by atoms with Gasteiger partial charge in [-0.25, -0.2) is 0 Å². The van der Waals surface area contributed by atoms with Crippen molar-refractivity contribution >= 4 is 12.2 Å². The summed E-state index contributed by atoms with van der Waals surface area (Å²) in [5, 5.41) is 0. The zero-order chi connectivity index (χ0) is 7.56. The SMILES string of the molecule is C=Cc1ccc(C=C)n1C. The topological polar surface area (TPSA) is 4.93 Å². The van der Waals surface area contributed by atoms with Gasteiger partial charge in [0.25, 0.3) is 0 Å². The monoisotopic (exact) mass is 133 g/mol. The van der Waals surface area contributed by atoms with E-state index in [1.54, 1.807) is 0 Å². The molecule has 1 rings (SSSR count). The van der Waals surface area contributed by atoms with Gasteiger partial charge in [0.2, 0.25) is 0 Å². The normalized spacial score (nSPS) is 9.30. The van der Waals surface area contributed by atoms with Crippen LogP contribution in [-0.2, 0) is 7.05 Å². The number of nitrogens with zero attached hydrogens (tertiary/aromatic N) is 1. The molecule has 1 heteroatoms. The van der Waals surface area contributed by atoms with Gasteiger partial charge >= 0.3 is 0 Å². The minimum atomic E-state index is 1.12. The van der Waals surface area contributed by atoms with Gasteiger partial charge in [0.15, 0.2) is 0 Å². The molecule has 0 atom stereocenters. The van der Waals surface area contributed by atoms with Gasteiger partial charge in [-0.1, -0.05) is 13.2 Å². The van der Waals surface area contributed by atoms with Crippen LogP contribution >= 0.6 is 0 Å². The minimum absolute atomic E-state index is 1.12. The van der Waals surface area contributed by atoms with Crippen molar-refractivity contribution in [2.75, 3.05) is 0 Å². The van der Waals surface area contributed by atoms with Gasteiger partial charge < -0.3 is 4.57 Å². The van der Waals surface area contributed by atoms with Crippen LogP contribution in [0.3, 0.4) is 0 Å². The molecular weight excluding hydrogens is 122 g/mol. The summed E-state index contributed by atoms with van der Waals surface area (Å²) in [5.74, 6) is 0. The average Bonchev–Trinajstić information content (AvgIpc) is 2.30. The van der Waals surface area contributed by atoms with Crippen molar-refractivity contribution in [2.24, 2.45) is 7.05 Å². The molecule has 0 aliphatic rings. The van der Waals surface area contributed by atoms with E-state index < -0.39 is 0 Å². The van der Waals surface area contributed by atoms with Gasteiger partial charge in [-0.2, -0.15) is 0 Å². The predicted molar refractivity (Wildman–Crippen MR) is 45.6 cm³/mol. The standard InChI is InChI=1S/C9H11N/c1-4-8-6-7-9(5-2)10(8)3/h4-7H,1-2H2,3H3. The van der Waals surface area contributed by atoms with E-state index in [9.17, 15) is 0 Å². The second-order valence-corrected chi connectivity index (χ2v) is 2.15. The van der Waals surface area contributed by atoms with Crippen molar-refractivity contribution in [3.63, 3.8) is 0 Å². The van der Waals surface area contributed by atoms with E-state index in [1.165, 1.54) is 0 Å². The Bertz CT molecular complexity index is 230. The lowest BCUT2D eigenvalue weighted by atomic mass is 10.4. The van der Waals surface area contributed by atoms with Crippen LogP contribution in [0, 0.1) is 0 Å². The van der Waals surface area contributed by atoms with Crippen molar-refractivity contribution in [1.29, 1.82) is 0 Å². The van der Waals surface area contributed by atoms with Gasteiger partial charge in [0.05, 0.1) is 0 Å². The van der Waals surface area contributed by atoms with Gasteiger partial charge in [0, 0.05) is 18.4 Å². The summed E-state index contributed by atoms with van der Waals surface area (Å²) in [5.41, 5.74) is 2.24. The van der Waals surface area contributed by atoms with Crippen LogP contribution in [0.25, 0.3) is 12.2 Å². The van der Waals surface area contributed by atoms with Crippen molar-refractivity contribution < 1.29 is 0 Å². The Hall–Kier alpha value is -1.24. The van der Waals surface area contributed by atoms with E-state index in [4.69, 9.17) is 0 Å². The molecule has 1 heterocycles. The first kappa shape index (κ1) is 6.87. The Morgan fingerprint density at radius 1 is 1.20 bits per heavy atom. The van der Waals surface area contributed by atoms with Crippen LogP contribution in [0.4, 0.5) is 0 Å². The maximum atomic E-state index is 3.68. The van der Waals surface area contributed by atoms with Crippen molar-refractivity contribution in [3.05, 3.63) is 36.7 Å². The first-order valence-electron chi connectivity index (χ1n) is 3.20. The molecule has 0 saturated heterocycles. The lowest BCUT2D eigenvalue weighted by molar-refractivity contribution is 0.903. The summed E-state index contributed by atoms with van der Waals surface area (Å²) in [6.07, 6.45) is 3.65. The summed E-state index contributed by atoms with van der Waals surface area (Å²) in [6.45, 7) is 7.37. The largest absolute Gasteiger partial charge is 0.345 e. The van der Waals surface area contributed by atoms with Crippen LogP contribution in [0.5, 0.6) is 0 Å². The van der Waals surface area contributed by atoms with E-state index in [0.29, 0.717) is 0 Å². The molecule has 0 aromatic carbocycles. The molecule has 0 unspecified atom stereocenters. The van der Waals surface area contributed by atoms with E-state index in [2.05, 4.69) is 13.2 Å². The molecule has 0 radical (unpaired) electrons. The highest BCUT2D eigenvalue weighted by Crippen LogP contribution is 2.08. The smallest absolute Gasteiger partial charge is 0.0402 e. The van der Waals surface area contributed by atoms with Crippen molar-refractivity contribution in [3.8, 4) is 0 Å². The lowest BCUT2D eigenvalue weighted by Crippen LogP contribution is -1.91. The molecule has 0 bridgehead atoms. The number of hydrogen-bond donors (Lipinski definition) is 0. The molecule has 1 nitrogen and oxygen atoms in total. The third-order valence-electron chi connectivity index (χ3n) is 1.62. The van der Waals surface area contributed by atoms with E-state index in [0.717, 1.165) is 11.4 Å². The Labute approximate surface area is 61.3 Å². The second-order valence-electron chi connectivity index (χ2n) is 2.15. The quantitative estimate of drug-likeness (QED) is 0.583. The number of aromatic nitrogens is 1. The fourth-order valence-electron chi connectivity index (χ4n) is 0.953. The van der Waals surface area contributed by atoms with Crippen molar-refractivity contribution in [1.82, 2.24) is 4.57 Å². The number of hydrogen-bond acceptors (Lipinski definition) is 0. The summed E-state index contributed by atoms with van der Waals surface area (Å²) in [6, 6.07) is 4.04. The average molecular weight is 133 g/mol. The Kier molecular flexibility index (Phi) is 1.76. The zero-order valence-electron chi connectivity index (χ0n) is 6.17. The van der Waals surface area contributed by atoms with E-state index in [1.807, 2.05) is 35.9 Å². The maximum absolute atomic E-state index is 3.68. The van der Waals surface area contributed by atoms with Gasteiger partial charge in [-0.05, 0) is 24.3 Å². The summed E-state index contributed by atoms with van der Waals surface area (Å²) >= 11 is 0. The molecular formula is C9H11N. The molecule has 0 saturated carbocycles. The van der Waals surface area contributed by atoms with Gasteiger partial charge in [0.1, 0.15) is 0 Å². The second kappa shape index (κ2) is 2.56. The molecule has 10 heavy (non-hydrogen) atoms. The van der Waals surface area contributed by atoms with Crippen LogP contribution in [-0.4, -0.2) is 4.57 Å². The highest BCUT2D eigenvalue weighted by molar-refractivity contribution is 5.51. The minimum Gasteiger partial charge on any atom is -0.345 e. The molecule has 0 fully saturated rings. The molecule has 0 spiro atoms. The molecule has 0 amide bonds. The molecule has 0 aliphatic heterocycles. The number of rotatable bonds is 2. The van der Waals surface area contributed by atoms with Crippen LogP contribution in [0.1, 0.15) is 11.4 Å². The molecule has 0 aliphatic carbocycles. The van der Waals surface area contributed by atoms with Crippen LogP contribution in [0.15, 0.2) is 25.3 Å². The third-order valence-corrected chi connectivity index (χ3v) is 1.62. The summed E-state index contributed by atoms with van der Waals surface area (Å²) in [4.78, 5) is 0. The van der Waals surface area contributed by atoms with Crippen LogP contribution < -0.4 is 0 Å². The van der Waals surface area contributed by atoms with Crippen LogP contribution in [0.2, 0.25) is 0 Å². The molecule has 1 aromatic rings. The molecule has 1 aromatic heterocycles. The third kappa shape index (κ3) is 0.903. The summed E-state index contributed by atoms with van der Waals surface area (Å²) < 4.78 is 2.04. The Morgan fingerprint density at radius 2 is 1.60 bits per heavy atom. The first-order chi connectivity index (χ1) is 4.79. The van der Waals surface area contributed by atoms with Gasteiger partial charge in [-0.15, -0.1) is 0 Å². The molecule has 0 N–H and O–H groups in total. The Balaban J connectivity index is 3.20. The van der Waals surface area contributed by atoms with Crippen molar-refractivity contribution in [2.45, 2.75) is 0 Å². The zero-order valence-corrected chi connectivity index (χ0v) is 6.17. The maximum Gasteiger partial charge on any atom is 0.0402 e. The fourth-order valence-corrected chi connectivity index (χ4v) is 0.953. The lowest BCUT2D eigenvalue weighted by Gasteiger charge is -1.98. The highest BCUT2D eigenvalue weighted by atomic mass is 14.9. The highest BCUT2D eigenvalue weighted by Gasteiger charge is 1.95. The fraction of sp³-hybridized carbons (Fsp3) is 0.111. The van der Waals surface area contributed by atoms with Gasteiger partial charge in [-0.3, -0.25) is 0 Å². The van der Waals surface area contributed by atoms with E-state index in [-0.39, 0.29) is 0 Å². The predicted octanol–water partition coefficient (Wildman–Crippen LogP) is 2.31.